The van der Waals surface area contributed by atoms with E-state index in [-0.39, 0.29) is 17.1 Å². The molecular formula is C12H14O4S. The van der Waals surface area contributed by atoms with E-state index in [9.17, 15) is 13.2 Å². The molecule has 0 atom stereocenters. The van der Waals surface area contributed by atoms with Gasteiger partial charge in [0.25, 0.3) is 0 Å². The highest BCUT2D eigenvalue weighted by Gasteiger charge is 2.18. The van der Waals surface area contributed by atoms with Crippen LogP contribution in [0.4, 0.5) is 0 Å². The predicted molar refractivity (Wildman–Crippen MR) is 64.6 cm³/mol. The molecule has 1 rings (SSSR count). The Morgan fingerprint density at radius 2 is 2.00 bits per heavy atom. The van der Waals surface area contributed by atoms with Gasteiger partial charge in [-0.3, -0.25) is 0 Å². The van der Waals surface area contributed by atoms with Gasteiger partial charge in [-0.05, 0) is 19.1 Å². The molecule has 0 aliphatic carbocycles. The van der Waals surface area contributed by atoms with Gasteiger partial charge in [-0.1, -0.05) is 24.3 Å². The minimum absolute atomic E-state index is 0.00882. The lowest BCUT2D eigenvalue weighted by molar-refractivity contribution is 0.0545. The van der Waals surface area contributed by atoms with Crippen LogP contribution in [0.2, 0.25) is 0 Å². The molecule has 0 amide bonds. The number of esters is 1. The van der Waals surface area contributed by atoms with Crippen molar-refractivity contribution in [3.8, 4) is 0 Å². The fourth-order valence-electron chi connectivity index (χ4n) is 1.26. The van der Waals surface area contributed by atoms with Crippen LogP contribution >= 0.6 is 0 Å². The van der Waals surface area contributed by atoms with Gasteiger partial charge in [0.2, 0.25) is 0 Å². The average molecular weight is 254 g/mol. The largest absolute Gasteiger partial charge is 0.458 e. The molecule has 0 unspecified atom stereocenters. The van der Waals surface area contributed by atoms with Gasteiger partial charge < -0.3 is 4.74 Å². The van der Waals surface area contributed by atoms with E-state index in [0.29, 0.717) is 0 Å². The Kier molecular flexibility index (Phi) is 4.45. The summed E-state index contributed by atoms with van der Waals surface area (Å²) in [5.41, 5.74) is 0.0690. The maximum absolute atomic E-state index is 11.7. The molecule has 0 radical (unpaired) electrons. The van der Waals surface area contributed by atoms with Crippen molar-refractivity contribution in [2.45, 2.75) is 11.8 Å². The summed E-state index contributed by atoms with van der Waals surface area (Å²) in [5, 5.41) is 0. The number of hydrogen-bond acceptors (Lipinski definition) is 4. The summed E-state index contributed by atoms with van der Waals surface area (Å²) < 4.78 is 27.8. The minimum Gasteiger partial charge on any atom is -0.458 e. The van der Waals surface area contributed by atoms with Gasteiger partial charge in [-0.2, -0.15) is 0 Å². The Hall–Kier alpha value is -1.62. The first kappa shape index (κ1) is 13.4. The summed E-state index contributed by atoms with van der Waals surface area (Å²) >= 11 is 0. The van der Waals surface area contributed by atoms with E-state index >= 15 is 0 Å². The van der Waals surface area contributed by atoms with Gasteiger partial charge in [0.1, 0.15) is 6.61 Å². The van der Waals surface area contributed by atoms with Crippen LogP contribution < -0.4 is 0 Å². The highest BCUT2D eigenvalue weighted by Crippen LogP contribution is 2.16. The van der Waals surface area contributed by atoms with Crippen LogP contribution in [0.5, 0.6) is 0 Å². The zero-order chi connectivity index (χ0) is 12.9. The summed E-state index contributed by atoms with van der Waals surface area (Å²) in [6, 6.07) is 6.00. The van der Waals surface area contributed by atoms with Gasteiger partial charge >= 0.3 is 5.97 Å². The van der Waals surface area contributed by atoms with Crippen LogP contribution in [0, 0.1) is 0 Å². The smallest absolute Gasteiger partial charge is 0.339 e. The first-order valence-corrected chi connectivity index (χ1v) is 6.93. The third kappa shape index (κ3) is 3.71. The van der Waals surface area contributed by atoms with Crippen molar-refractivity contribution in [2.75, 3.05) is 12.9 Å². The monoisotopic (exact) mass is 254 g/mol. The van der Waals surface area contributed by atoms with Crippen LogP contribution in [0.25, 0.3) is 0 Å². The molecule has 0 aliphatic rings. The highest BCUT2D eigenvalue weighted by atomic mass is 32.2. The first-order valence-electron chi connectivity index (χ1n) is 5.04. The van der Waals surface area contributed by atoms with Crippen molar-refractivity contribution < 1.29 is 17.9 Å². The maximum atomic E-state index is 11.7. The number of sulfone groups is 1. The predicted octanol–water partition coefficient (Wildman–Crippen LogP) is 1.82. The van der Waals surface area contributed by atoms with Gasteiger partial charge in [0.05, 0.1) is 10.5 Å². The van der Waals surface area contributed by atoms with Crippen LogP contribution in [0.1, 0.15) is 17.3 Å². The zero-order valence-corrected chi connectivity index (χ0v) is 10.5. The number of rotatable bonds is 4. The Morgan fingerprint density at radius 1 is 1.35 bits per heavy atom. The quantitative estimate of drug-likeness (QED) is 0.607. The topological polar surface area (TPSA) is 60.4 Å². The number of hydrogen-bond donors (Lipinski definition) is 0. The molecule has 0 saturated heterocycles. The van der Waals surface area contributed by atoms with Crippen molar-refractivity contribution in [3.63, 3.8) is 0 Å². The zero-order valence-electron chi connectivity index (χ0n) is 9.71. The van der Waals surface area contributed by atoms with Crippen molar-refractivity contribution in [1.82, 2.24) is 0 Å². The van der Waals surface area contributed by atoms with Crippen molar-refractivity contribution in [2.24, 2.45) is 0 Å². The number of ether oxygens (including phenoxy) is 1. The van der Waals surface area contributed by atoms with Crippen molar-refractivity contribution in [3.05, 3.63) is 42.0 Å². The van der Waals surface area contributed by atoms with E-state index < -0.39 is 15.8 Å². The molecule has 92 valence electrons. The van der Waals surface area contributed by atoms with Crippen molar-refractivity contribution >= 4 is 15.8 Å². The Balaban J connectivity index is 3.02. The van der Waals surface area contributed by atoms with Crippen LogP contribution in [0.3, 0.4) is 0 Å². The highest BCUT2D eigenvalue weighted by molar-refractivity contribution is 7.90. The van der Waals surface area contributed by atoms with E-state index in [2.05, 4.69) is 0 Å². The molecule has 5 heteroatoms. The van der Waals surface area contributed by atoms with E-state index in [1.807, 2.05) is 0 Å². The first-order chi connectivity index (χ1) is 7.96. The molecule has 0 aromatic heterocycles. The standard InChI is InChI=1S/C12H14O4S/c1-3-4-9-16-12(13)10-7-5-6-8-11(10)17(2,14)15/h3-8H,9H2,1-2H3/b4-3+. The lowest BCUT2D eigenvalue weighted by Gasteiger charge is -2.06. The molecule has 0 N–H and O–H groups in total. The molecule has 1 aromatic rings. The minimum atomic E-state index is -3.43. The molecule has 1 aromatic carbocycles. The third-order valence-corrected chi connectivity index (χ3v) is 3.21. The molecule has 0 spiro atoms. The summed E-state index contributed by atoms with van der Waals surface area (Å²) in [7, 11) is -3.43. The third-order valence-electron chi connectivity index (χ3n) is 2.05. The maximum Gasteiger partial charge on any atom is 0.339 e. The Morgan fingerprint density at radius 3 is 2.59 bits per heavy atom. The molecule has 0 bridgehead atoms. The number of carbonyl (C=O) groups is 1. The molecule has 17 heavy (non-hydrogen) atoms. The Labute approximate surface area is 101 Å². The van der Waals surface area contributed by atoms with Gasteiger partial charge in [0, 0.05) is 6.26 Å². The second-order valence-corrected chi connectivity index (χ2v) is 5.42. The number of allylic oxidation sites excluding steroid dienone is 1. The normalized spacial score (nSPS) is 11.6. The van der Waals surface area contributed by atoms with E-state index in [4.69, 9.17) is 4.74 Å². The lowest BCUT2D eigenvalue weighted by Crippen LogP contribution is -2.11. The molecular weight excluding hydrogens is 240 g/mol. The second-order valence-electron chi connectivity index (χ2n) is 3.44. The molecule has 0 aliphatic heterocycles. The SMILES string of the molecule is C/C=C/COC(=O)c1ccccc1S(C)(=O)=O. The van der Waals surface area contributed by atoms with E-state index in [1.165, 1.54) is 12.1 Å². The van der Waals surface area contributed by atoms with Crippen LogP contribution in [0.15, 0.2) is 41.3 Å². The molecule has 0 fully saturated rings. The van der Waals surface area contributed by atoms with Gasteiger partial charge in [-0.25, -0.2) is 13.2 Å². The van der Waals surface area contributed by atoms with E-state index in [1.54, 1.807) is 31.2 Å². The molecule has 0 heterocycles. The average Bonchev–Trinajstić information content (AvgIpc) is 2.28. The van der Waals surface area contributed by atoms with Crippen LogP contribution in [-0.2, 0) is 14.6 Å². The summed E-state index contributed by atoms with van der Waals surface area (Å²) in [6.07, 6.45) is 4.47. The fraction of sp³-hybridized carbons (Fsp3) is 0.250. The van der Waals surface area contributed by atoms with Gasteiger partial charge in [0.15, 0.2) is 9.84 Å². The van der Waals surface area contributed by atoms with Gasteiger partial charge in [-0.15, -0.1) is 0 Å². The Bertz CT molecular complexity index is 529. The number of benzene rings is 1. The number of carbonyl (C=O) groups excluding carboxylic acids is 1. The molecule has 0 saturated carbocycles. The summed E-state index contributed by atoms with van der Waals surface area (Å²) in [4.78, 5) is 11.7. The summed E-state index contributed by atoms with van der Waals surface area (Å²) in [6.45, 7) is 1.94. The van der Waals surface area contributed by atoms with Crippen molar-refractivity contribution in [1.29, 1.82) is 0 Å². The van der Waals surface area contributed by atoms with E-state index in [0.717, 1.165) is 6.26 Å². The lowest BCUT2D eigenvalue weighted by atomic mass is 10.2. The molecule has 4 nitrogen and oxygen atoms in total. The fourth-order valence-corrected chi connectivity index (χ4v) is 2.13. The second kappa shape index (κ2) is 5.63. The van der Waals surface area contributed by atoms with Crippen LogP contribution in [-0.4, -0.2) is 27.2 Å². The summed E-state index contributed by atoms with van der Waals surface area (Å²) in [5.74, 6) is -0.635.